The van der Waals surface area contributed by atoms with Crippen molar-refractivity contribution >= 4 is 11.6 Å². The number of piperazine rings is 1. The van der Waals surface area contributed by atoms with E-state index in [1.54, 1.807) is 12.1 Å². The van der Waals surface area contributed by atoms with Crippen LogP contribution in [0.4, 0.5) is 23.2 Å². The topological polar surface area (TPSA) is 36.8 Å². The fourth-order valence-electron chi connectivity index (χ4n) is 2.40. The molecule has 1 aliphatic rings. The first kappa shape index (κ1) is 16.5. The van der Waals surface area contributed by atoms with Gasteiger partial charge in [-0.2, -0.15) is 13.2 Å². The SMILES string of the molecule is O=C(C[NH+]1CCN(c2ccc(F)cc2)CC1)NCC(F)(F)F. The van der Waals surface area contributed by atoms with Gasteiger partial charge in [-0.1, -0.05) is 0 Å². The minimum atomic E-state index is -4.38. The number of nitrogens with zero attached hydrogens (tertiary/aromatic N) is 1. The minimum absolute atomic E-state index is 0.0351. The Bertz CT molecular complexity index is 496. The highest BCUT2D eigenvalue weighted by Gasteiger charge is 2.29. The number of alkyl halides is 3. The highest BCUT2D eigenvalue weighted by Crippen LogP contribution is 2.14. The van der Waals surface area contributed by atoms with Gasteiger partial charge >= 0.3 is 6.18 Å². The van der Waals surface area contributed by atoms with E-state index in [2.05, 4.69) is 4.90 Å². The van der Waals surface area contributed by atoms with Gasteiger partial charge in [0.2, 0.25) is 0 Å². The zero-order chi connectivity index (χ0) is 16.2. The van der Waals surface area contributed by atoms with E-state index in [-0.39, 0.29) is 12.4 Å². The molecule has 0 aromatic heterocycles. The molecular formula is C14H18F4N3O+. The lowest BCUT2D eigenvalue weighted by Gasteiger charge is -2.33. The molecule has 122 valence electrons. The van der Waals surface area contributed by atoms with Crippen molar-refractivity contribution in [1.82, 2.24) is 5.32 Å². The van der Waals surface area contributed by atoms with E-state index in [1.165, 1.54) is 12.1 Å². The normalized spacial score (nSPS) is 16.6. The van der Waals surface area contributed by atoms with Gasteiger partial charge in [0.1, 0.15) is 12.4 Å². The molecule has 1 aromatic rings. The summed E-state index contributed by atoms with van der Waals surface area (Å²) in [6.07, 6.45) is -4.38. The lowest BCUT2D eigenvalue weighted by molar-refractivity contribution is -0.892. The Morgan fingerprint density at radius 1 is 1.18 bits per heavy atom. The van der Waals surface area contributed by atoms with Crippen LogP contribution in [0.3, 0.4) is 0 Å². The van der Waals surface area contributed by atoms with Crippen molar-refractivity contribution in [2.45, 2.75) is 6.18 Å². The van der Waals surface area contributed by atoms with Gasteiger partial charge in [0, 0.05) is 5.69 Å². The lowest BCUT2D eigenvalue weighted by Crippen LogP contribution is -3.16. The Hall–Kier alpha value is -1.83. The third-order valence-electron chi connectivity index (χ3n) is 3.56. The zero-order valence-corrected chi connectivity index (χ0v) is 11.9. The maximum atomic E-state index is 12.9. The van der Waals surface area contributed by atoms with E-state index in [9.17, 15) is 22.4 Å². The molecule has 8 heteroatoms. The Labute approximate surface area is 125 Å². The number of quaternary nitrogens is 1. The maximum Gasteiger partial charge on any atom is 0.405 e. The predicted molar refractivity (Wildman–Crippen MR) is 73.2 cm³/mol. The Kier molecular flexibility index (Phi) is 5.23. The van der Waals surface area contributed by atoms with E-state index in [4.69, 9.17) is 0 Å². The second kappa shape index (κ2) is 6.95. The molecule has 0 aliphatic carbocycles. The number of rotatable bonds is 4. The number of halogens is 4. The van der Waals surface area contributed by atoms with E-state index < -0.39 is 18.6 Å². The highest BCUT2D eigenvalue weighted by atomic mass is 19.4. The predicted octanol–water partition coefficient (Wildman–Crippen LogP) is 0.209. The molecule has 4 nitrogen and oxygen atoms in total. The monoisotopic (exact) mass is 320 g/mol. The summed E-state index contributed by atoms with van der Waals surface area (Å²) in [5.74, 6) is -0.892. The summed E-state index contributed by atoms with van der Waals surface area (Å²) in [6, 6.07) is 6.16. The number of hydrogen-bond donors (Lipinski definition) is 2. The van der Waals surface area contributed by atoms with E-state index in [0.29, 0.717) is 26.2 Å². The number of amides is 1. The van der Waals surface area contributed by atoms with E-state index in [0.717, 1.165) is 10.6 Å². The second-order valence-corrected chi connectivity index (χ2v) is 5.28. The van der Waals surface area contributed by atoms with Gasteiger partial charge in [-0.05, 0) is 24.3 Å². The van der Waals surface area contributed by atoms with Crippen molar-refractivity contribution in [2.24, 2.45) is 0 Å². The van der Waals surface area contributed by atoms with E-state index in [1.807, 2.05) is 5.32 Å². The van der Waals surface area contributed by atoms with Crippen molar-refractivity contribution in [3.63, 3.8) is 0 Å². The molecular weight excluding hydrogens is 302 g/mol. The van der Waals surface area contributed by atoms with Gasteiger partial charge in [0.25, 0.3) is 5.91 Å². The van der Waals surface area contributed by atoms with Crippen LogP contribution < -0.4 is 15.1 Å². The van der Waals surface area contributed by atoms with Gasteiger partial charge in [0.15, 0.2) is 6.54 Å². The summed E-state index contributed by atoms with van der Waals surface area (Å²) in [5, 5.41) is 1.88. The fraction of sp³-hybridized carbons (Fsp3) is 0.500. The largest absolute Gasteiger partial charge is 0.405 e. The van der Waals surface area contributed by atoms with Gasteiger partial charge in [-0.3, -0.25) is 4.79 Å². The molecule has 1 aromatic carbocycles. The van der Waals surface area contributed by atoms with Crippen molar-refractivity contribution in [3.8, 4) is 0 Å². The molecule has 1 amide bonds. The van der Waals surface area contributed by atoms with Gasteiger partial charge < -0.3 is 15.1 Å². The van der Waals surface area contributed by atoms with Crippen LogP contribution in [0.1, 0.15) is 0 Å². The van der Waals surface area contributed by atoms with Crippen molar-refractivity contribution in [1.29, 1.82) is 0 Å². The van der Waals surface area contributed by atoms with Crippen LogP contribution >= 0.6 is 0 Å². The molecule has 2 rings (SSSR count). The van der Waals surface area contributed by atoms with Gasteiger partial charge in [-0.25, -0.2) is 4.39 Å². The molecule has 0 radical (unpaired) electrons. The third kappa shape index (κ3) is 5.18. The summed E-state index contributed by atoms with van der Waals surface area (Å²) in [7, 11) is 0. The molecule has 1 heterocycles. The van der Waals surface area contributed by atoms with Crippen molar-refractivity contribution in [3.05, 3.63) is 30.1 Å². The average molecular weight is 320 g/mol. The molecule has 0 atom stereocenters. The quantitative estimate of drug-likeness (QED) is 0.778. The number of carbonyl (C=O) groups excluding carboxylic acids is 1. The molecule has 1 fully saturated rings. The second-order valence-electron chi connectivity index (χ2n) is 5.28. The Morgan fingerprint density at radius 2 is 1.77 bits per heavy atom. The first-order valence-corrected chi connectivity index (χ1v) is 7.01. The minimum Gasteiger partial charge on any atom is -0.360 e. The number of carbonyl (C=O) groups is 1. The highest BCUT2D eigenvalue weighted by molar-refractivity contribution is 5.76. The number of benzene rings is 1. The lowest BCUT2D eigenvalue weighted by atomic mass is 10.2. The van der Waals surface area contributed by atoms with Crippen molar-refractivity contribution < 1.29 is 27.3 Å². The average Bonchev–Trinajstić information content (AvgIpc) is 2.46. The van der Waals surface area contributed by atoms with Crippen LogP contribution in [0.2, 0.25) is 0 Å². The van der Waals surface area contributed by atoms with Gasteiger partial charge in [-0.15, -0.1) is 0 Å². The molecule has 22 heavy (non-hydrogen) atoms. The third-order valence-corrected chi connectivity index (χ3v) is 3.56. The molecule has 0 bridgehead atoms. The Balaban J connectivity index is 1.75. The number of hydrogen-bond acceptors (Lipinski definition) is 2. The first-order chi connectivity index (χ1) is 10.3. The molecule has 0 saturated carbocycles. The van der Waals surface area contributed by atoms with Crippen LogP contribution in [-0.2, 0) is 4.79 Å². The van der Waals surface area contributed by atoms with Crippen LogP contribution in [-0.4, -0.2) is 51.4 Å². The smallest absolute Gasteiger partial charge is 0.360 e. The number of nitrogens with one attached hydrogen (secondary N) is 2. The van der Waals surface area contributed by atoms with E-state index >= 15 is 0 Å². The zero-order valence-electron chi connectivity index (χ0n) is 11.9. The molecule has 0 spiro atoms. The first-order valence-electron chi connectivity index (χ1n) is 7.01. The van der Waals surface area contributed by atoms with Crippen molar-refractivity contribution in [2.75, 3.05) is 44.2 Å². The molecule has 0 unspecified atom stereocenters. The maximum absolute atomic E-state index is 12.9. The van der Waals surface area contributed by atoms with Gasteiger partial charge in [0.05, 0.1) is 26.2 Å². The number of anilines is 1. The Morgan fingerprint density at radius 3 is 2.32 bits per heavy atom. The van der Waals surface area contributed by atoms with Crippen LogP contribution in [0.15, 0.2) is 24.3 Å². The molecule has 2 N–H and O–H groups in total. The molecule has 1 aliphatic heterocycles. The molecule has 1 saturated heterocycles. The van der Waals surface area contributed by atoms with Crippen LogP contribution in [0, 0.1) is 5.82 Å². The summed E-state index contributed by atoms with van der Waals surface area (Å²) < 4.78 is 48.9. The summed E-state index contributed by atoms with van der Waals surface area (Å²) >= 11 is 0. The van der Waals surface area contributed by atoms with Crippen LogP contribution in [0.25, 0.3) is 0 Å². The summed E-state index contributed by atoms with van der Waals surface area (Å²) in [6.45, 7) is 1.39. The summed E-state index contributed by atoms with van der Waals surface area (Å²) in [4.78, 5) is 14.5. The summed E-state index contributed by atoms with van der Waals surface area (Å²) in [5.41, 5.74) is 0.905. The van der Waals surface area contributed by atoms with Crippen LogP contribution in [0.5, 0.6) is 0 Å². The standard InChI is InChI=1S/C14H17F4N3O/c15-11-1-3-12(4-2-11)21-7-5-20(6-8-21)9-13(22)19-10-14(16,17)18/h1-4H,5-10H2,(H,19,22)/p+1. The fourth-order valence-corrected chi connectivity index (χ4v) is 2.40.